The molecule has 2 aromatic carbocycles. The predicted molar refractivity (Wildman–Crippen MR) is 158 cm³/mol. The highest BCUT2D eigenvalue weighted by molar-refractivity contribution is 7.85. The van der Waals surface area contributed by atoms with E-state index >= 15 is 0 Å². The standard InChI is InChI=1S/C31H34N2O11S/c1-21-7-9-26(45(38,39)40)23(20-21)11-13-42-15-17-44-19-18-43-16-14-41-12-3-5-22-4-2-6-24-28(22)31(37)33(30(24)36)25-8-10-27(34)32-29(25)35/h2,4,6-7,9,20,25H,8,10-19H2,1H3,(H,32,34,35)(H,38,39,40). The molecule has 240 valence electrons. The Labute approximate surface area is 260 Å². The van der Waals surface area contributed by atoms with E-state index in [-0.39, 0.29) is 48.7 Å². The molecule has 4 rings (SSSR count). The number of rotatable bonds is 15. The molecular formula is C31H34N2O11S. The van der Waals surface area contributed by atoms with Crippen LogP contribution in [0, 0.1) is 18.8 Å². The monoisotopic (exact) mass is 642 g/mol. The summed E-state index contributed by atoms with van der Waals surface area (Å²) in [7, 11) is -4.29. The highest BCUT2D eigenvalue weighted by Gasteiger charge is 2.45. The van der Waals surface area contributed by atoms with Gasteiger partial charge in [0.1, 0.15) is 12.6 Å². The quantitative estimate of drug-likeness (QED) is 0.124. The van der Waals surface area contributed by atoms with Crippen molar-refractivity contribution >= 4 is 33.7 Å². The molecule has 0 bridgehead atoms. The van der Waals surface area contributed by atoms with Crippen LogP contribution in [-0.4, -0.2) is 100 Å². The van der Waals surface area contributed by atoms with E-state index in [1.807, 2.05) is 6.92 Å². The maximum Gasteiger partial charge on any atom is 0.294 e. The SMILES string of the molecule is Cc1ccc(S(=O)(=O)O)c(CCOCCOCCOCCOCC#Cc2cccc3c2C(=O)N(C2CCC(=O)NC2=O)C3=O)c1. The predicted octanol–water partition coefficient (Wildman–Crippen LogP) is 1.30. The number of amides is 4. The van der Waals surface area contributed by atoms with E-state index in [1.165, 1.54) is 12.1 Å². The topological polar surface area (TPSA) is 175 Å². The van der Waals surface area contributed by atoms with Gasteiger partial charge in [-0.05, 0) is 43.5 Å². The summed E-state index contributed by atoms with van der Waals surface area (Å²) in [5, 5.41) is 2.17. The van der Waals surface area contributed by atoms with Gasteiger partial charge in [0.15, 0.2) is 0 Å². The van der Waals surface area contributed by atoms with Gasteiger partial charge in [0.25, 0.3) is 21.9 Å². The zero-order chi connectivity index (χ0) is 32.4. The fourth-order valence-corrected chi connectivity index (χ4v) is 5.60. The number of fused-ring (bicyclic) bond motifs is 1. The summed E-state index contributed by atoms with van der Waals surface area (Å²) in [5.41, 5.74) is 2.02. The molecular weight excluding hydrogens is 608 g/mol. The van der Waals surface area contributed by atoms with Gasteiger partial charge >= 0.3 is 0 Å². The molecule has 45 heavy (non-hydrogen) atoms. The molecule has 2 heterocycles. The number of carbonyl (C=O) groups excluding carboxylic acids is 4. The number of nitrogens with one attached hydrogen (secondary N) is 1. The molecule has 2 aromatic rings. The van der Waals surface area contributed by atoms with Gasteiger partial charge in [-0.25, -0.2) is 0 Å². The van der Waals surface area contributed by atoms with Crippen molar-refractivity contribution in [3.05, 3.63) is 64.2 Å². The third-order valence-corrected chi connectivity index (χ3v) is 7.95. The van der Waals surface area contributed by atoms with Crippen LogP contribution in [0.3, 0.4) is 0 Å². The summed E-state index contributed by atoms with van der Waals surface area (Å²) >= 11 is 0. The Kier molecular flexibility index (Phi) is 11.9. The molecule has 2 N–H and O–H groups in total. The third-order valence-electron chi connectivity index (χ3n) is 6.99. The van der Waals surface area contributed by atoms with Gasteiger partial charge in [-0.15, -0.1) is 0 Å². The summed E-state index contributed by atoms with van der Waals surface area (Å²) < 4.78 is 54.2. The molecule has 2 aliphatic rings. The lowest BCUT2D eigenvalue weighted by Crippen LogP contribution is -2.54. The van der Waals surface area contributed by atoms with E-state index < -0.39 is 39.8 Å². The molecule has 0 aliphatic carbocycles. The van der Waals surface area contributed by atoms with Crippen molar-refractivity contribution in [2.24, 2.45) is 0 Å². The highest BCUT2D eigenvalue weighted by atomic mass is 32.2. The number of ether oxygens (including phenoxy) is 4. The zero-order valence-corrected chi connectivity index (χ0v) is 25.5. The Morgan fingerprint density at radius 2 is 1.58 bits per heavy atom. The molecule has 0 aromatic heterocycles. The van der Waals surface area contributed by atoms with Gasteiger partial charge in [-0.1, -0.05) is 35.6 Å². The molecule has 1 unspecified atom stereocenters. The number of hydrogen-bond donors (Lipinski definition) is 2. The first-order valence-electron chi connectivity index (χ1n) is 14.3. The van der Waals surface area contributed by atoms with Crippen LogP contribution in [0.15, 0.2) is 41.3 Å². The average molecular weight is 643 g/mol. The molecule has 0 saturated carbocycles. The van der Waals surface area contributed by atoms with Crippen molar-refractivity contribution in [2.75, 3.05) is 52.9 Å². The minimum atomic E-state index is -4.29. The lowest BCUT2D eigenvalue weighted by atomic mass is 10.0. The van der Waals surface area contributed by atoms with Crippen LogP contribution < -0.4 is 5.32 Å². The minimum absolute atomic E-state index is 0.0429. The lowest BCUT2D eigenvalue weighted by molar-refractivity contribution is -0.136. The Bertz CT molecular complexity index is 1610. The molecule has 1 fully saturated rings. The minimum Gasteiger partial charge on any atom is -0.379 e. The van der Waals surface area contributed by atoms with Gasteiger partial charge in [-0.3, -0.25) is 33.9 Å². The van der Waals surface area contributed by atoms with Crippen LogP contribution in [0.5, 0.6) is 0 Å². The lowest BCUT2D eigenvalue weighted by Gasteiger charge is -2.27. The first kappa shape index (κ1) is 33.9. The molecule has 1 saturated heterocycles. The van der Waals surface area contributed by atoms with Crippen LogP contribution in [0.4, 0.5) is 0 Å². The van der Waals surface area contributed by atoms with E-state index in [1.54, 1.807) is 24.3 Å². The van der Waals surface area contributed by atoms with Crippen molar-refractivity contribution in [1.82, 2.24) is 10.2 Å². The van der Waals surface area contributed by atoms with E-state index in [9.17, 15) is 32.1 Å². The number of benzene rings is 2. The molecule has 0 spiro atoms. The normalized spacial score (nSPS) is 16.4. The van der Waals surface area contributed by atoms with Crippen molar-refractivity contribution in [3.63, 3.8) is 0 Å². The van der Waals surface area contributed by atoms with E-state index in [0.29, 0.717) is 50.6 Å². The maximum absolute atomic E-state index is 13.1. The van der Waals surface area contributed by atoms with Crippen molar-refractivity contribution in [2.45, 2.75) is 37.1 Å². The van der Waals surface area contributed by atoms with Crippen molar-refractivity contribution < 1.29 is 51.1 Å². The van der Waals surface area contributed by atoms with E-state index in [4.69, 9.17) is 18.9 Å². The molecule has 4 amide bonds. The largest absolute Gasteiger partial charge is 0.379 e. The van der Waals surface area contributed by atoms with Crippen LogP contribution in [-0.2, 0) is 45.1 Å². The third kappa shape index (κ3) is 9.04. The van der Waals surface area contributed by atoms with Crippen LogP contribution in [0.25, 0.3) is 0 Å². The van der Waals surface area contributed by atoms with Gasteiger partial charge in [-0.2, -0.15) is 8.42 Å². The molecule has 13 nitrogen and oxygen atoms in total. The van der Waals surface area contributed by atoms with Crippen LogP contribution in [0.1, 0.15) is 50.2 Å². The molecule has 2 aliphatic heterocycles. The number of hydrogen-bond acceptors (Lipinski definition) is 10. The summed E-state index contributed by atoms with van der Waals surface area (Å²) in [6, 6.07) is 8.40. The van der Waals surface area contributed by atoms with E-state index in [0.717, 1.165) is 10.5 Å². The molecule has 0 radical (unpaired) electrons. The van der Waals surface area contributed by atoms with Gasteiger partial charge in [0.2, 0.25) is 11.8 Å². The summed E-state index contributed by atoms with van der Waals surface area (Å²) in [6.07, 6.45) is 0.452. The fourth-order valence-electron chi connectivity index (χ4n) is 4.87. The fraction of sp³-hybridized carbons (Fsp3) is 0.419. The van der Waals surface area contributed by atoms with Crippen molar-refractivity contribution in [3.8, 4) is 11.8 Å². The number of carbonyl (C=O) groups is 4. The molecule has 14 heteroatoms. The molecule has 1 atom stereocenters. The van der Waals surface area contributed by atoms with Gasteiger partial charge in [0, 0.05) is 12.0 Å². The van der Waals surface area contributed by atoms with Gasteiger partial charge in [0.05, 0.1) is 62.3 Å². The zero-order valence-electron chi connectivity index (χ0n) is 24.7. The van der Waals surface area contributed by atoms with Crippen LogP contribution in [0.2, 0.25) is 0 Å². The Balaban J connectivity index is 1.08. The Morgan fingerprint density at radius 1 is 0.911 bits per heavy atom. The van der Waals surface area contributed by atoms with Gasteiger partial charge < -0.3 is 18.9 Å². The Morgan fingerprint density at radius 3 is 2.24 bits per heavy atom. The second-order valence-corrected chi connectivity index (χ2v) is 11.6. The van der Waals surface area contributed by atoms with Crippen molar-refractivity contribution in [1.29, 1.82) is 0 Å². The number of aryl methyl sites for hydroxylation is 1. The summed E-state index contributed by atoms with van der Waals surface area (Å²) in [4.78, 5) is 50.5. The average Bonchev–Trinajstić information content (AvgIpc) is 3.24. The number of piperidine rings is 1. The van der Waals surface area contributed by atoms with Crippen LogP contribution >= 0.6 is 0 Å². The summed E-state index contributed by atoms with van der Waals surface area (Å²) in [5.74, 6) is 3.36. The maximum atomic E-state index is 13.1. The smallest absolute Gasteiger partial charge is 0.294 e. The highest BCUT2D eigenvalue weighted by Crippen LogP contribution is 2.29. The second-order valence-electron chi connectivity index (χ2n) is 10.2. The number of nitrogens with zero attached hydrogens (tertiary/aromatic N) is 1. The second kappa shape index (κ2) is 15.8. The Hall–Kier alpha value is -3.97. The first-order valence-corrected chi connectivity index (χ1v) is 15.7. The first-order chi connectivity index (χ1) is 21.6. The number of imide groups is 2. The summed E-state index contributed by atoms with van der Waals surface area (Å²) in [6.45, 7) is 4.08. The van der Waals surface area contributed by atoms with E-state index in [2.05, 4.69) is 17.2 Å².